The van der Waals surface area contributed by atoms with Crippen molar-refractivity contribution in [1.82, 2.24) is 20.1 Å². The van der Waals surface area contributed by atoms with Crippen LogP contribution in [0.25, 0.3) is 0 Å². The number of pyridine rings is 1. The Morgan fingerprint density at radius 3 is 2.79 bits per heavy atom. The Labute approximate surface area is 111 Å². The second-order valence-electron chi connectivity index (χ2n) is 4.59. The minimum absolute atomic E-state index is 0.0513. The summed E-state index contributed by atoms with van der Waals surface area (Å²) in [6.07, 6.45) is 4.90. The third-order valence-corrected chi connectivity index (χ3v) is 2.84. The standard InChI is InChI=1S/C13H17N5O/c1-9(2)18(8-10-4-3-5-15-6-10)13(19)12-11(14)7-16-17-12/h3-7,9H,8,14H2,1-2H3,(H,16,17). The number of aromatic nitrogens is 3. The van der Waals surface area contributed by atoms with Crippen LogP contribution in [0.15, 0.2) is 30.7 Å². The van der Waals surface area contributed by atoms with Gasteiger partial charge in [-0.15, -0.1) is 0 Å². The average molecular weight is 259 g/mol. The third kappa shape index (κ3) is 2.90. The van der Waals surface area contributed by atoms with Crippen molar-refractivity contribution in [1.29, 1.82) is 0 Å². The Morgan fingerprint density at radius 1 is 1.47 bits per heavy atom. The molecule has 0 aliphatic rings. The van der Waals surface area contributed by atoms with Crippen LogP contribution in [0.3, 0.4) is 0 Å². The molecule has 0 spiro atoms. The molecule has 1 amide bonds. The fraction of sp³-hybridized carbons (Fsp3) is 0.308. The molecule has 6 nitrogen and oxygen atoms in total. The molecule has 0 bridgehead atoms. The van der Waals surface area contributed by atoms with Gasteiger partial charge in [-0.1, -0.05) is 6.07 Å². The van der Waals surface area contributed by atoms with Crippen LogP contribution in [0.1, 0.15) is 29.9 Å². The van der Waals surface area contributed by atoms with E-state index in [-0.39, 0.29) is 11.9 Å². The number of nitrogens with zero attached hydrogens (tertiary/aromatic N) is 3. The maximum absolute atomic E-state index is 12.4. The van der Waals surface area contributed by atoms with Gasteiger partial charge < -0.3 is 10.6 Å². The lowest BCUT2D eigenvalue weighted by atomic mass is 10.2. The van der Waals surface area contributed by atoms with E-state index in [1.807, 2.05) is 26.0 Å². The fourth-order valence-corrected chi connectivity index (χ4v) is 1.79. The number of anilines is 1. The monoisotopic (exact) mass is 259 g/mol. The summed E-state index contributed by atoms with van der Waals surface area (Å²) in [4.78, 5) is 18.2. The molecular weight excluding hydrogens is 242 g/mol. The normalized spacial score (nSPS) is 10.7. The quantitative estimate of drug-likeness (QED) is 0.869. The number of nitrogen functional groups attached to an aromatic ring is 1. The molecule has 19 heavy (non-hydrogen) atoms. The lowest BCUT2D eigenvalue weighted by molar-refractivity contribution is 0.0685. The zero-order chi connectivity index (χ0) is 13.8. The Bertz CT molecular complexity index is 549. The number of aromatic amines is 1. The van der Waals surface area contributed by atoms with E-state index < -0.39 is 0 Å². The second kappa shape index (κ2) is 5.51. The summed E-state index contributed by atoms with van der Waals surface area (Å²) in [6, 6.07) is 3.84. The summed E-state index contributed by atoms with van der Waals surface area (Å²) >= 11 is 0. The summed E-state index contributed by atoms with van der Waals surface area (Å²) in [5, 5.41) is 6.43. The number of nitrogens with one attached hydrogen (secondary N) is 1. The van der Waals surface area contributed by atoms with Gasteiger partial charge in [0.1, 0.15) is 5.69 Å². The average Bonchev–Trinajstić information content (AvgIpc) is 2.82. The van der Waals surface area contributed by atoms with Crippen LogP contribution in [0.2, 0.25) is 0 Å². The van der Waals surface area contributed by atoms with E-state index in [4.69, 9.17) is 5.73 Å². The van der Waals surface area contributed by atoms with E-state index in [1.165, 1.54) is 6.20 Å². The van der Waals surface area contributed by atoms with Gasteiger partial charge in [-0.2, -0.15) is 5.10 Å². The molecule has 2 heterocycles. The first-order valence-corrected chi connectivity index (χ1v) is 6.08. The minimum Gasteiger partial charge on any atom is -0.396 e. The molecule has 0 fully saturated rings. The number of nitrogens with two attached hydrogens (primary N) is 1. The molecule has 3 N–H and O–H groups in total. The summed E-state index contributed by atoms with van der Waals surface area (Å²) in [6.45, 7) is 4.41. The Kier molecular flexibility index (Phi) is 3.79. The van der Waals surface area contributed by atoms with E-state index in [0.29, 0.717) is 17.9 Å². The van der Waals surface area contributed by atoms with E-state index in [1.54, 1.807) is 17.3 Å². The van der Waals surface area contributed by atoms with Gasteiger partial charge in [-0.25, -0.2) is 0 Å². The van der Waals surface area contributed by atoms with Crippen LogP contribution in [-0.4, -0.2) is 32.0 Å². The summed E-state index contributed by atoms with van der Waals surface area (Å²) in [5.41, 5.74) is 7.39. The van der Waals surface area contributed by atoms with E-state index in [0.717, 1.165) is 5.56 Å². The number of hydrogen-bond acceptors (Lipinski definition) is 4. The number of carbonyl (C=O) groups is 1. The molecule has 2 rings (SSSR count). The van der Waals surface area contributed by atoms with Gasteiger partial charge in [0, 0.05) is 25.0 Å². The number of H-pyrrole nitrogens is 1. The number of rotatable bonds is 4. The smallest absolute Gasteiger partial charge is 0.274 e. The van der Waals surface area contributed by atoms with Crippen LogP contribution in [0, 0.1) is 0 Å². The van der Waals surface area contributed by atoms with Gasteiger partial charge >= 0.3 is 0 Å². The van der Waals surface area contributed by atoms with Crippen molar-refractivity contribution in [2.75, 3.05) is 5.73 Å². The van der Waals surface area contributed by atoms with E-state index in [9.17, 15) is 4.79 Å². The van der Waals surface area contributed by atoms with Gasteiger partial charge in [0.2, 0.25) is 0 Å². The largest absolute Gasteiger partial charge is 0.396 e. The van der Waals surface area contributed by atoms with Crippen molar-refractivity contribution in [2.24, 2.45) is 0 Å². The lowest BCUT2D eigenvalue weighted by Crippen LogP contribution is -2.37. The van der Waals surface area contributed by atoms with Crippen molar-refractivity contribution in [2.45, 2.75) is 26.4 Å². The predicted molar refractivity (Wildman–Crippen MR) is 72.2 cm³/mol. The van der Waals surface area contributed by atoms with Crippen LogP contribution in [0.5, 0.6) is 0 Å². The molecule has 2 aromatic rings. The molecule has 0 atom stereocenters. The Hall–Kier alpha value is -2.37. The Morgan fingerprint density at radius 2 is 2.26 bits per heavy atom. The van der Waals surface area contributed by atoms with Gasteiger partial charge in [-0.3, -0.25) is 14.9 Å². The van der Waals surface area contributed by atoms with Crippen LogP contribution in [0.4, 0.5) is 5.69 Å². The highest BCUT2D eigenvalue weighted by Crippen LogP contribution is 2.15. The fourth-order valence-electron chi connectivity index (χ4n) is 1.79. The number of carbonyl (C=O) groups excluding carboxylic acids is 1. The SMILES string of the molecule is CC(C)N(Cc1cccnc1)C(=O)c1[nH]ncc1N. The highest BCUT2D eigenvalue weighted by Gasteiger charge is 2.22. The molecule has 0 aromatic carbocycles. The molecule has 0 aliphatic heterocycles. The topological polar surface area (TPSA) is 87.9 Å². The van der Waals surface area contributed by atoms with Gasteiger partial charge in [-0.05, 0) is 25.5 Å². The van der Waals surface area contributed by atoms with Crippen molar-refractivity contribution in [3.8, 4) is 0 Å². The number of hydrogen-bond donors (Lipinski definition) is 2. The third-order valence-electron chi connectivity index (χ3n) is 2.84. The molecule has 0 saturated carbocycles. The van der Waals surface area contributed by atoms with E-state index >= 15 is 0 Å². The van der Waals surface area contributed by atoms with Crippen LogP contribution < -0.4 is 5.73 Å². The molecule has 0 aliphatic carbocycles. The molecule has 0 unspecified atom stereocenters. The molecular formula is C13H17N5O. The number of amides is 1. The molecule has 0 saturated heterocycles. The van der Waals surface area contributed by atoms with Crippen LogP contribution >= 0.6 is 0 Å². The highest BCUT2D eigenvalue weighted by atomic mass is 16.2. The molecule has 6 heteroatoms. The van der Waals surface area contributed by atoms with E-state index in [2.05, 4.69) is 15.2 Å². The van der Waals surface area contributed by atoms with Gasteiger partial charge in [0.05, 0.1) is 11.9 Å². The predicted octanol–water partition coefficient (Wildman–Crippen LogP) is 1.44. The summed E-state index contributed by atoms with van der Waals surface area (Å²) < 4.78 is 0. The minimum atomic E-state index is -0.158. The first-order chi connectivity index (χ1) is 9.09. The highest BCUT2D eigenvalue weighted by molar-refractivity contribution is 5.97. The maximum Gasteiger partial charge on any atom is 0.274 e. The van der Waals surface area contributed by atoms with Crippen molar-refractivity contribution in [3.63, 3.8) is 0 Å². The van der Waals surface area contributed by atoms with Crippen LogP contribution in [-0.2, 0) is 6.54 Å². The van der Waals surface area contributed by atoms with Gasteiger partial charge in [0.25, 0.3) is 5.91 Å². The first kappa shape index (κ1) is 13.1. The first-order valence-electron chi connectivity index (χ1n) is 6.08. The Balaban J connectivity index is 2.22. The summed E-state index contributed by atoms with van der Waals surface area (Å²) in [5.74, 6) is -0.158. The van der Waals surface area contributed by atoms with Crippen molar-refractivity contribution in [3.05, 3.63) is 42.0 Å². The molecule has 0 radical (unpaired) electrons. The van der Waals surface area contributed by atoms with Crippen molar-refractivity contribution < 1.29 is 4.79 Å². The van der Waals surface area contributed by atoms with Gasteiger partial charge in [0.15, 0.2) is 0 Å². The zero-order valence-corrected chi connectivity index (χ0v) is 11.0. The molecule has 2 aromatic heterocycles. The van der Waals surface area contributed by atoms with Crippen molar-refractivity contribution >= 4 is 11.6 Å². The maximum atomic E-state index is 12.4. The second-order valence-corrected chi connectivity index (χ2v) is 4.59. The zero-order valence-electron chi connectivity index (χ0n) is 11.0. The lowest BCUT2D eigenvalue weighted by Gasteiger charge is -2.26. The molecule has 100 valence electrons. The summed E-state index contributed by atoms with van der Waals surface area (Å²) in [7, 11) is 0.